The Balaban J connectivity index is 1.58. The number of aliphatic hydroxyl groups is 1. The fourth-order valence-electron chi connectivity index (χ4n) is 4.18. The molecule has 0 spiro atoms. The molecule has 1 N–H and O–H groups in total. The van der Waals surface area contributed by atoms with Crippen molar-refractivity contribution in [2.24, 2.45) is 7.05 Å². The fourth-order valence-corrected chi connectivity index (χ4v) is 4.18. The van der Waals surface area contributed by atoms with Crippen molar-refractivity contribution in [1.82, 2.24) is 14.5 Å². The second kappa shape index (κ2) is 7.70. The van der Waals surface area contributed by atoms with Crippen LogP contribution in [0.25, 0.3) is 22.2 Å². The Kier molecular flexibility index (Phi) is 4.88. The standard InChI is InChI=1S/C22H25N5O3/c1-25-14-23-19-12-18(15-2-4-16(5-3-15)26-8-10-30-11-9-26)24-21(20(19)22(25)29)27-7-6-17(28)13-27/h2-5,12,14,17,28H,6-11,13H2,1H3/t17-/m0/s1. The van der Waals surface area contributed by atoms with Gasteiger partial charge in [0.1, 0.15) is 11.2 Å². The first-order valence-electron chi connectivity index (χ1n) is 10.3. The molecule has 0 bridgehead atoms. The number of aromatic nitrogens is 3. The Morgan fingerprint density at radius 3 is 2.57 bits per heavy atom. The van der Waals surface area contributed by atoms with Crippen molar-refractivity contribution >= 4 is 22.4 Å². The summed E-state index contributed by atoms with van der Waals surface area (Å²) in [6, 6.07) is 10.2. The average Bonchev–Trinajstić information content (AvgIpc) is 3.22. The number of aryl methyl sites for hydroxylation is 1. The van der Waals surface area contributed by atoms with Gasteiger partial charge in [-0.1, -0.05) is 12.1 Å². The molecule has 1 aromatic carbocycles. The largest absolute Gasteiger partial charge is 0.391 e. The third kappa shape index (κ3) is 3.42. The Labute approximate surface area is 174 Å². The zero-order valence-corrected chi connectivity index (χ0v) is 17.0. The summed E-state index contributed by atoms with van der Waals surface area (Å²) in [5.41, 5.74) is 3.40. The number of β-amino-alcohol motifs (C(OH)–C–C–N with tert-alkyl or cyclic N) is 1. The van der Waals surface area contributed by atoms with Gasteiger partial charge in [-0.3, -0.25) is 4.79 Å². The highest BCUT2D eigenvalue weighted by molar-refractivity contribution is 5.92. The maximum Gasteiger partial charge on any atom is 0.264 e. The minimum atomic E-state index is -0.404. The molecule has 2 aliphatic heterocycles. The van der Waals surface area contributed by atoms with Crippen molar-refractivity contribution in [3.8, 4) is 11.3 Å². The van der Waals surface area contributed by atoms with Crippen LogP contribution in [0.2, 0.25) is 0 Å². The molecule has 0 saturated carbocycles. The average molecular weight is 407 g/mol. The Morgan fingerprint density at radius 2 is 1.87 bits per heavy atom. The summed E-state index contributed by atoms with van der Waals surface area (Å²) in [7, 11) is 1.69. The number of benzene rings is 1. The predicted octanol–water partition coefficient (Wildman–Crippen LogP) is 1.40. The minimum Gasteiger partial charge on any atom is -0.391 e. The number of rotatable bonds is 3. The number of hydrogen-bond acceptors (Lipinski definition) is 7. The van der Waals surface area contributed by atoms with Crippen molar-refractivity contribution in [3.63, 3.8) is 0 Å². The molecule has 0 amide bonds. The molecule has 8 nitrogen and oxygen atoms in total. The number of anilines is 2. The predicted molar refractivity (Wildman–Crippen MR) is 116 cm³/mol. The number of nitrogens with zero attached hydrogens (tertiary/aromatic N) is 5. The molecule has 0 unspecified atom stereocenters. The third-order valence-electron chi connectivity index (χ3n) is 5.89. The van der Waals surface area contributed by atoms with Crippen molar-refractivity contribution < 1.29 is 9.84 Å². The van der Waals surface area contributed by atoms with E-state index < -0.39 is 6.10 Å². The molecule has 1 atom stereocenters. The van der Waals surface area contributed by atoms with E-state index in [0.717, 1.165) is 43.2 Å². The lowest BCUT2D eigenvalue weighted by atomic mass is 10.1. The Hall–Kier alpha value is -2.97. The first-order chi connectivity index (χ1) is 14.6. The molecule has 2 aromatic heterocycles. The van der Waals surface area contributed by atoms with Gasteiger partial charge in [-0.15, -0.1) is 0 Å². The highest BCUT2D eigenvalue weighted by Crippen LogP contribution is 2.30. The second-order valence-electron chi connectivity index (χ2n) is 7.92. The lowest BCUT2D eigenvalue weighted by Crippen LogP contribution is -2.36. The smallest absolute Gasteiger partial charge is 0.264 e. The van der Waals surface area contributed by atoms with Crippen LogP contribution in [0.3, 0.4) is 0 Å². The number of morpholine rings is 1. The molecule has 8 heteroatoms. The van der Waals surface area contributed by atoms with E-state index in [1.165, 1.54) is 4.57 Å². The van der Waals surface area contributed by atoms with Gasteiger partial charge < -0.3 is 24.2 Å². The molecule has 2 fully saturated rings. The van der Waals surface area contributed by atoms with Gasteiger partial charge in [-0.25, -0.2) is 9.97 Å². The van der Waals surface area contributed by atoms with Crippen LogP contribution < -0.4 is 15.4 Å². The van der Waals surface area contributed by atoms with E-state index >= 15 is 0 Å². The topological polar surface area (TPSA) is 83.7 Å². The van der Waals surface area contributed by atoms with Crippen LogP contribution in [0.4, 0.5) is 11.5 Å². The lowest BCUT2D eigenvalue weighted by molar-refractivity contribution is 0.122. The van der Waals surface area contributed by atoms with E-state index in [4.69, 9.17) is 9.72 Å². The molecule has 4 heterocycles. The van der Waals surface area contributed by atoms with Gasteiger partial charge in [0, 0.05) is 44.5 Å². The van der Waals surface area contributed by atoms with Crippen LogP contribution in [-0.4, -0.2) is 65.1 Å². The van der Waals surface area contributed by atoms with Gasteiger partial charge in [-0.2, -0.15) is 0 Å². The molecule has 2 aliphatic rings. The molecule has 5 rings (SSSR count). The van der Waals surface area contributed by atoms with Crippen LogP contribution >= 0.6 is 0 Å². The van der Waals surface area contributed by atoms with Gasteiger partial charge >= 0.3 is 0 Å². The fraction of sp³-hybridized carbons (Fsp3) is 0.409. The van der Waals surface area contributed by atoms with E-state index in [1.54, 1.807) is 13.4 Å². The van der Waals surface area contributed by atoms with Crippen LogP contribution in [0, 0.1) is 0 Å². The van der Waals surface area contributed by atoms with Gasteiger partial charge in [0.2, 0.25) is 0 Å². The first-order valence-corrected chi connectivity index (χ1v) is 10.3. The van der Waals surface area contributed by atoms with E-state index in [2.05, 4.69) is 34.1 Å². The summed E-state index contributed by atoms with van der Waals surface area (Å²) in [5.74, 6) is 0.602. The third-order valence-corrected chi connectivity index (χ3v) is 5.89. The highest BCUT2D eigenvalue weighted by Gasteiger charge is 2.25. The van der Waals surface area contributed by atoms with Crippen molar-refractivity contribution in [3.05, 3.63) is 47.0 Å². The van der Waals surface area contributed by atoms with Gasteiger partial charge in [-0.05, 0) is 24.6 Å². The van der Waals surface area contributed by atoms with Crippen molar-refractivity contribution in [1.29, 1.82) is 0 Å². The molecule has 30 heavy (non-hydrogen) atoms. The molecular weight excluding hydrogens is 382 g/mol. The van der Waals surface area contributed by atoms with E-state index in [-0.39, 0.29) is 5.56 Å². The van der Waals surface area contributed by atoms with E-state index in [9.17, 15) is 9.90 Å². The summed E-state index contributed by atoms with van der Waals surface area (Å²) in [5, 5.41) is 10.5. The number of hydrogen-bond donors (Lipinski definition) is 1. The van der Waals surface area contributed by atoms with Gasteiger partial charge in [0.05, 0.1) is 36.9 Å². The van der Waals surface area contributed by atoms with Crippen LogP contribution in [0.15, 0.2) is 41.5 Å². The molecule has 0 radical (unpaired) electrons. The second-order valence-corrected chi connectivity index (χ2v) is 7.92. The molecular formula is C22H25N5O3. The van der Waals surface area contributed by atoms with Gasteiger partial charge in [0.15, 0.2) is 0 Å². The quantitative estimate of drug-likeness (QED) is 0.703. The zero-order valence-electron chi connectivity index (χ0n) is 17.0. The number of aliphatic hydroxyl groups excluding tert-OH is 1. The number of ether oxygens (including phenoxy) is 1. The summed E-state index contributed by atoms with van der Waals surface area (Å²) >= 11 is 0. The van der Waals surface area contributed by atoms with E-state index in [0.29, 0.717) is 36.2 Å². The lowest BCUT2D eigenvalue weighted by Gasteiger charge is -2.29. The van der Waals surface area contributed by atoms with Crippen LogP contribution in [0.5, 0.6) is 0 Å². The minimum absolute atomic E-state index is 0.127. The van der Waals surface area contributed by atoms with Crippen LogP contribution in [0.1, 0.15) is 6.42 Å². The summed E-state index contributed by atoms with van der Waals surface area (Å²) in [6.45, 7) is 4.42. The monoisotopic (exact) mass is 407 g/mol. The normalized spacial score (nSPS) is 19.6. The summed E-state index contributed by atoms with van der Waals surface area (Å²) in [4.78, 5) is 26.5. The summed E-state index contributed by atoms with van der Waals surface area (Å²) in [6.07, 6.45) is 1.81. The molecule has 2 saturated heterocycles. The zero-order chi connectivity index (χ0) is 20.7. The van der Waals surface area contributed by atoms with E-state index in [1.807, 2.05) is 11.0 Å². The molecule has 0 aliphatic carbocycles. The molecule has 3 aromatic rings. The molecule has 156 valence electrons. The SMILES string of the molecule is Cn1cnc2cc(-c3ccc(N4CCOCC4)cc3)nc(N3CC[C@H](O)C3)c2c1=O. The van der Waals surface area contributed by atoms with Crippen molar-refractivity contribution in [2.45, 2.75) is 12.5 Å². The maximum absolute atomic E-state index is 12.8. The number of fused-ring (bicyclic) bond motifs is 1. The maximum atomic E-state index is 12.8. The first kappa shape index (κ1) is 19.0. The highest BCUT2D eigenvalue weighted by atomic mass is 16.5. The number of pyridine rings is 1. The van der Waals surface area contributed by atoms with Gasteiger partial charge in [0.25, 0.3) is 5.56 Å². The van der Waals surface area contributed by atoms with Crippen LogP contribution in [-0.2, 0) is 11.8 Å². The summed E-state index contributed by atoms with van der Waals surface area (Å²) < 4.78 is 6.90. The Morgan fingerprint density at radius 1 is 1.10 bits per heavy atom. The van der Waals surface area contributed by atoms with Crippen molar-refractivity contribution in [2.75, 3.05) is 49.2 Å². The Bertz CT molecular complexity index is 1120.